The SMILES string of the molecule is CCNC(=NCCc1ncc(CC)s1)NCCOc1ccccc1.I. The van der Waals surface area contributed by atoms with Gasteiger partial charge in [-0.05, 0) is 25.5 Å². The molecule has 0 aliphatic rings. The van der Waals surface area contributed by atoms with Gasteiger partial charge < -0.3 is 15.4 Å². The normalized spacial score (nSPS) is 10.9. The summed E-state index contributed by atoms with van der Waals surface area (Å²) >= 11 is 1.78. The van der Waals surface area contributed by atoms with Crippen molar-refractivity contribution in [1.29, 1.82) is 0 Å². The number of nitrogens with one attached hydrogen (secondary N) is 2. The fourth-order valence-electron chi connectivity index (χ4n) is 2.09. The predicted octanol–water partition coefficient (Wildman–Crippen LogP) is 3.50. The van der Waals surface area contributed by atoms with Crippen molar-refractivity contribution < 1.29 is 4.74 Å². The summed E-state index contributed by atoms with van der Waals surface area (Å²) in [6, 6.07) is 9.83. The lowest BCUT2D eigenvalue weighted by Gasteiger charge is -2.12. The van der Waals surface area contributed by atoms with Gasteiger partial charge in [0.15, 0.2) is 5.96 Å². The number of hydrogen-bond donors (Lipinski definition) is 2. The van der Waals surface area contributed by atoms with E-state index in [4.69, 9.17) is 4.74 Å². The van der Waals surface area contributed by atoms with Gasteiger partial charge in [-0.25, -0.2) is 4.98 Å². The topological polar surface area (TPSA) is 58.5 Å². The third-order valence-electron chi connectivity index (χ3n) is 3.30. The molecule has 0 radical (unpaired) electrons. The molecule has 0 aliphatic carbocycles. The highest BCUT2D eigenvalue weighted by atomic mass is 127. The van der Waals surface area contributed by atoms with Crippen molar-refractivity contribution in [2.45, 2.75) is 26.7 Å². The van der Waals surface area contributed by atoms with Gasteiger partial charge in [0.05, 0.1) is 11.6 Å². The highest BCUT2D eigenvalue weighted by Crippen LogP contribution is 2.13. The Balaban J connectivity index is 0.00000312. The minimum atomic E-state index is 0. The number of rotatable bonds is 9. The minimum absolute atomic E-state index is 0. The fraction of sp³-hybridized carbons (Fsp3) is 0.444. The molecule has 1 aromatic carbocycles. The maximum atomic E-state index is 5.67. The summed E-state index contributed by atoms with van der Waals surface area (Å²) in [4.78, 5) is 10.4. The zero-order valence-corrected chi connectivity index (χ0v) is 18.0. The van der Waals surface area contributed by atoms with Crippen molar-refractivity contribution >= 4 is 41.3 Å². The standard InChI is InChI=1S/C18H26N4OS.HI/c1-3-16-14-22-17(24-16)10-11-20-18(19-4-2)21-12-13-23-15-8-6-5-7-9-15;/h5-9,14H,3-4,10-13H2,1-2H3,(H2,19,20,21);1H. The van der Waals surface area contributed by atoms with Gasteiger partial charge in [-0.15, -0.1) is 35.3 Å². The summed E-state index contributed by atoms with van der Waals surface area (Å²) in [5.74, 6) is 1.71. The number of aromatic nitrogens is 1. The first-order valence-corrected chi connectivity index (χ1v) is 9.27. The van der Waals surface area contributed by atoms with E-state index in [1.54, 1.807) is 11.3 Å². The Morgan fingerprint density at radius 1 is 1.20 bits per heavy atom. The number of para-hydroxylation sites is 1. The van der Waals surface area contributed by atoms with Crippen molar-refractivity contribution in [3.05, 3.63) is 46.4 Å². The number of aliphatic imine (C=N–C) groups is 1. The van der Waals surface area contributed by atoms with Crippen LogP contribution in [-0.2, 0) is 12.8 Å². The maximum absolute atomic E-state index is 5.67. The number of guanidine groups is 1. The van der Waals surface area contributed by atoms with Gasteiger partial charge in [0.2, 0.25) is 0 Å². The summed E-state index contributed by atoms with van der Waals surface area (Å²) in [7, 11) is 0. The van der Waals surface area contributed by atoms with E-state index in [0.717, 1.165) is 42.6 Å². The van der Waals surface area contributed by atoms with Crippen LogP contribution in [0.15, 0.2) is 41.5 Å². The molecular formula is C18H27IN4OS. The van der Waals surface area contributed by atoms with Gasteiger partial charge in [-0.2, -0.15) is 0 Å². The lowest BCUT2D eigenvalue weighted by molar-refractivity contribution is 0.322. The summed E-state index contributed by atoms with van der Waals surface area (Å²) in [6.45, 7) is 7.08. The highest BCUT2D eigenvalue weighted by molar-refractivity contribution is 14.0. The number of hydrogen-bond acceptors (Lipinski definition) is 4. The molecule has 0 aliphatic heterocycles. The third kappa shape index (κ3) is 8.53. The van der Waals surface area contributed by atoms with Crippen LogP contribution >= 0.6 is 35.3 Å². The smallest absolute Gasteiger partial charge is 0.191 e. The number of nitrogens with zero attached hydrogens (tertiary/aromatic N) is 2. The molecule has 0 bridgehead atoms. The zero-order chi connectivity index (χ0) is 17.0. The molecule has 1 heterocycles. The van der Waals surface area contributed by atoms with Crippen molar-refractivity contribution in [1.82, 2.24) is 15.6 Å². The molecule has 138 valence electrons. The summed E-state index contributed by atoms with van der Waals surface area (Å²) < 4.78 is 5.67. The number of ether oxygens (including phenoxy) is 1. The molecular weight excluding hydrogens is 447 g/mol. The fourth-order valence-corrected chi connectivity index (χ4v) is 2.94. The average molecular weight is 474 g/mol. The van der Waals surface area contributed by atoms with Crippen molar-refractivity contribution in [2.75, 3.05) is 26.2 Å². The van der Waals surface area contributed by atoms with Crippen LogP contribution in [0.2, 0.25) is 0 Å². The largest absolute Gasteiger partial charge is 0.492 e. The Labute approximate surface area is 171 Å². The molecule has 5 nitrogen and oxygen atoms in total. The molecule has 0 amide bonds. The Morgan fingerprint density at radius 3 is 2.68 bits per heavy atom. The lowest BCUT2D eigenvalue weighted by Crippen LogP contribution is -2.39. The van der Waals surface area contributed by atoms with Crippen LogP contribution in [0.4, 0.5) is 0 Å². The van der Waals surface area contributed by atoms with Gasteiger partial charge in [0.25, 0.3) is 0 Å². The summed E-state index contributed by atoms with van der Waals surface area (Å²) in [5.41, 5.74) is 0. The monoisotopic (exact) mass is 474 g/mol. The molecule has 25 heavy (non-hydrogen) atoms. The molecule has 0 fully saturated rings. The molecule has 0 saturated carbocycles. The molecule has 0 saturated heterocycles. The molecule has 1 aromatic heterocycles. The first-order valence-electron chi connectivity index (χ1n) is 8.45. The predicted molar refractivity (Wildman–Crippen MR) is 117 cm³/mol. The van der Waals surface area contributed by atoms with E-state index in [0.29, 0.717) is 13.2 Å². The van der Waals surface area contributed by atoms with Crippen LogP contribution < -0.4 is 15.4 Å². The Kier molecular flexibility index (Phi) is 11.2. The van der Waals surface area contributed by atoms with E-state index < -0.39 is 0 Å². The maximum Gasteiger partial charge on any atom is 0.191 e. The van der Waals surface area contributed by atoms with E-state index in [1.807, 2.05) is 36.5 Å². The summed E-state index contributed by atoms with van der Waals surface area (Å²) in [6.07, 6.45) is 3.89. The molecule has 0 spiro atoms. The Bertz CT molecular complexity index is 619. The van der Waals surface area contributed by atoms with Crippen LogP contribution in [0.25, 0.3) is 0 Å². The van der Waals surface area contributed by atoms with Gasteiger partial charge in [-0.3, -0.25) is 4.99 Å². The van der Waals surface area contributed by atoms with Crippen molar-refractivity contribution in [3.63, 3.8) is 0 Å². The van der Waals surface area contributed by atoms with Gasteiger partial charge >= 0.3 is 0 Å². The molecule has 2 aromatic rings. The van der Waals surface area contributed by atoms with Crippen molar-refractivity contribution in [3.8, 4) is 5.75 Å². The van der Waals surface area contributed by atoms with E-state index in [1.165, 1.54) is 4.88 Å². The zero-order valence-electron chi connectivity index (χ0n) is 14.8. The second kappa shape index (κ2) is 12.9. The first-order chi connectivity index (χ1) is 11.8. The molecule has 0 unspecified atom stereocenters. The number of thiazole rings is 1. The molecule has 2 N–H and O–H groups in total. The van der Waals surface area contributed by atoms with Crippen LogP contribution in [-0.4, -0.2) is 37.2 Å². The molecule has 2 rings (SSSR count). The van der Waals surface area contributed by atoms with E-state index in [9.17, 15) is 0 Å². The number of halogens is 1. The quantitative estimate of drug-likeness (QED) is 0.253. The number of aryl methyl sites for hydroxylation is 1. The van der Waals surface area contributed by atoms with Crippen LogP contribution in [0.1, 0.15) is 23.7 Å². The van der Waals surface area contributed by atoms with E-state index >= 15 is 0 Å². The summed E-state index contributed by atoms with van der Waals surface area (Å²) in [5, 5.41) is 7.69. The van der Waals surface area contributed by atoms with Crippen LogP contribution in [0.3, 0.4) is 0 Å². The first kappa shape index (κ1) is 21.7. The minimum Gasteiger partial charge on any atom is -0.492 e. The highest BCUT2D eigenvalue weighted by Gasteiger charge is 2.01. The van der Waals surface area contributed by atoms with Gasteiger partial charge in [-0.1, -0.05) is 25.1 Å². The second-order valence-electron chi connectivity index (χ2n) is 5.17. The van der Waals surface area contributed by atoms with Crippen LogP contribution in [0, 0.1) is 0 Å². The van der Waals surface area contributed by atoms with E-state index in [-0.39, 0.29) is 24.0 Å². The lowest BCUT2D eigenvalue weighted by atomic mass is 10.3. The van der Waals surface area contributed by atoms with E-state index in [2.05, 4.69) is 34.5 Å². The molecule has 7 heteroatoms. The Morgan fingerprint density at radius 2 is 2.00 bits per heavy atom. The Hall–Kier alpha value is -1.35. The second-order valence-corrected chi connectivity index (χ2v) is 6.37. The van der Waals surface area contributed by atoms with Gasteiger partial charge in [0, 0.05) is 30.6 Å². The van der Waals surface area contributed by atoms with Crippen LogP contribution in [0.5, 0.6) is 5.75 Å². The van der Waals surface area contributed by atoms with Gasteiger partial charge in [0.1, 0.15) is 12.4 Å². The van der Waals surface area contributed by atoms with Crippen molar-refractivity contribution in [2.24, 2.45) is 4.99 Å². The average Bonchev–Trinajstić information content (AvgIpc) is 3.07. The number of benzene rings is 1. The third-order valence-corrected chi connectivity index (χ3v) is 4.50. The molecule has 0 atom stereocenters.